The Labute approximate surface area is 126 Å². The molecule has 0 N–H and O–H groups in total. The van der Waals surface area contributed by atoms with Gasteiger partial charge in [-0.3, -0.25) is 0 Å². The summed E-state index contributed by atoms with van der Waals surface area (Å²) in [7, 11) is 0. The van der Waals surface area contributed by atoms with Gasteiger partial charge in [0.05, 0.1) is 0 Å². The third-order valence-electron chi connectivity index (χ3n) is 3.86. The van der Waals surface area contributed by atoms with Crippen molar-refractivity contribution >= 4 is 5.57 Å². The Morgan fingerprint density at radius 2 is 1.71 bits per heavy atom. The topological polar surface area (TPSA) is 13.1 Å². The zero-order valence-corrected chi connectivity index (χ0v) is 11.8. The summed E-state index contributed by atoms with van der Waals surface area (Å²) in [5, 5.41) is 0. The number of furan rings is 1. The van der Waals surface area contributed by atoms with Gasteiger partial charge in [-0.25, -0.2) is 0 Å². The van der Waals surface area contributed by atoms with Crippen LogP contribution in [-0.2, 0) is 0 Å². The molecule has 0 aliphatic heterocycles. The lowest BCUT2D eigenvalue weighted by molar-refractivity contribution is 0.503. The molecule has 1 saturated carbocycles. The highest BCUT2D eigenvalue weighted by Crippen LogP contribution is 2.51. The Morgan fingerprint density at radius 3 is 2.48 bits per heavy atom. The second-order valence-electron chi connectivity index (χ2n) is 5.33. The molecule has 1 nitrogen and oxygen atoms in total. The Kier molecular flexibility index (Phi) is 3.07. The molecule has 5 radical (unpaired) electrons. The third-order valence-corrected chi connectivity index (χ3v) is 3.86. The van der Waals surface area contributed by atoms with Crippen LogP contribution in [0.15, 0.2) is 65.1 Å². The van der Waals surface area contributed by atoms with E-state index in [4.69, 9.17) is 4.42 Å². The average Bonchev–Trinajstić information content (AvgIpc) is 3.13. The molecule has 0 spiro atoms. The van der Waals surface area contributed by atoms with Crippen molar-refractivity contribution in [2.75, 3.05) is 0 Å². The normalized spacial score (nSPS) is 19.8. The van der Waals surface area contributed by atoms with Crippen LogP contribution in [0, 0.1) is 37.5 Å². The largest absolute Gasteiger partial charge is 0.466 e. The van der Waals surface area contributed by atoms with E-state index in [0.717, 1.165) is 17.4 Å². The molecule has 1 heterocycles. The zero-order chi connectivity index (χ0) is 14.2. The van der Waals surface area contributed by atoms with Crippen molar-refractivity contribution in [1.82, 2.24) is 0 Å². The molecule has 1 aromatic heterocycles. The van der Waals surface area contributed by atoms with Gasteiger partial charge in [-0.1, -0.05) is 48.6 Å². The van der Waals surface area contributed by atoms with E-state index in [1.54, 1.807) is 0 Å². The Hall–Kier alpha value is -2.02. The lowest BCUT2D eigenvalue weighted by Gasteiger charge is -2.21. The van der Waals surface area contributed by atoms with Crippen LogP contribution < -0.4 is 0 Å². The summed E-state index contributed by atoms with van der Waals surface area (Å²) in [6.07, 6.45) is 10.9. The molecular formula is C20H15O. The second kappa shape index (κ2) is 5.07. The van der Waals surface area contributed by atoms with Crippen LogP contribution >= 0.6 is 0 Å². The fraction of sp³-hybridized carbons (Fsp3) is 0.0500. The molecule has 101 valence electrons. The summed E-state index contributed by atoms with van der Waals surface area (Å²) in [6.45, 7) is 1.97. The van der Waals surface area contributed by atoms with Crippen LogP contribution in [0.5, 0.6) is 0 Å². The summed E-state index contributed by atoms with van der Waals surface area (Å²) in [4.78, 5) is 0. The van der Waals surface area contributed by atoms with Gasteiger partial charge in [0, 0.05) is 17.8 Å². The number of hydrogen-bond donors (Lipinski definition) is 0. The number of hydrogen-bond acceptors (Lipinski definition) is 1. The summed E-state index contributed by atoms with van der Waals surface area (Å²) in [5.41, 5.74) is 2.51. The van der Waals surface area contributed by atoms with Crippen LogP contribution in [0.4, 0.5) is 0 Å². The van der Waals surface area contributed by atoms with Gasteiger partial charge in [0.15, 0.2) is 0 Å². The van der Waals surface area contributed by atoms with Gasteiger partial charge >= 0.3 is 0 Å². The third kappa shape index (κ3) is 2.27. The highest BCUT2D eigenvalue weighted by atomic mass is 16.3. The predicted molar refractivity (Wildman–Crippen MR) is 84.4 cm³/mol. The van der Waals surface area contributed by atoms with E-state index in [2.05, 4.69) is 55.3 Å². The minimum atomic E-state index is 0.933. The highest BCUT2D eigenvalue weighted by Gasteiger charge is 2.40. The van der Waals surface area contributed by atoms with E-state index < -0.39 is 0 Å². The monoisotopic (exact) mass is 271 g/mol. The van der Waals surface area contributed by atoms with Gasteiger partial charge in [-0.15, -0.1) is 0 Å². The fourth-order valence-electron chi connectivity index (χ4n) is 2.84. The molecule has 0 unspecified atom stereocenters. The minimum absolute atomic E-state index is 0.933. The quantitative estimate of drug-likeness (QED) is 0.769. The maximum absolute atomic E-state index is 5.74. The van der Waals surface area contributed by atoms with E-state index in [-0.39, 0.29) is 0 Å². The van der Waals surface area contributed by atoms with Gasteiger partial charge in [0.25, 0.3) is 0 Å². The maximum atomic E-state index is 5.74. The minimum Gasteiger partial charge on any atom is -0.466 e. The molecule has 1 fully saturated rings. The molecule has 2 aliphatic carbocycles. The number of aryl methyl sites for hydroxylation is 1. The van der Waals surface area contributed by atoms with Crippen molar-refractivity contribution in [1.29, 1.82) is 0 Å². The van der Waals surface area contributed by atoms with Gasteiger partial charge in [-0.2, -0.15) is 0 Å². The maximum Gasteiger partial charge on any atom is 0.112 e. The van der Waals surface area contributed by atoms with Crippen molar-refractivity contribution in [3.05, 3.63) is 108 Å². The molecule has 21 heavy (non-hydrogen) atoms. The van der Waals surface area contributed by atoms with Crippen LogP contribution in [0.25, 0.3) is 5.57 Å². The summed E-state index contributed by atoms with van der Waals surface area (Å²) in [6, 6.07) is 14.5. The fourth-order valence-corrected chi connectivity index (χ4v) is 2.84. The Balaban J connectivity index is 1.63. The highest BCUT2D eigenvalue weighted by molar-refractivity contribution is 5.89. The number of benzene rings is 1. The first-order valence-corrected chi connectivity index (χ1v) is 7.13. The summed E-state index contributed by atoms with van der Waals surface area (Å²) in [5.74, 6) is 5.54. The van der Waals surface area contributed by atoms with E-state index in [0.29, 0.717) is 0 Å². The molecule has 0 atom stereocenters. The number of fused-ring (bicyclic) bond motifs is 1. The first-order valence-electron chi connectivity index (χ1n) is 7.13. The first kappa shape index (κ1) is 12.7. The van der Waals surface area contributed by atoms with Crippen LogP contribution in [0.1, 0.15) is 17.1 Å². The van der Waals surface area contributed by atoms with E-state index in [1.165, 1.54) is 23.0 Å². The van der Waals surface area contributed by atoms with E-state index in [9.17, 15) is 0 Å². The van der Waals surface area contributed by atoms with Crippen LogP contribution in [0.2, 0.25) is 0 Å². The number of allylic oxidation sites excluding steroid dienone is 4. The first-order chi connectivity index (χ1) is 10.3. The van der Waals surface area contributed by atoms with Gasteiger partial charge < -0.3 is 4.42 Å². The molecular weight excluding hydrogens is 256 g/mol. The van der Waals surface area contributed by atoms with Gasteiger partial charge in [0.2, 0.25) is 0 Å². The smallest absolute Gasteiger partial charge is 0.112 e. The second-order valence-corrected chi connectivity index (χ2v) is 5.33. The van der Waals surface area contributed by atoms with Crippen molar-refractivity contribution in [3.8, 4) is 0 Å². The average molecular weight is 271 g/mol. The van der Waals surface area contributed by atoms with Crippen molar-refractivity contribution < 1.29 is 4.42 Å². The molecule has 1 aromatic carbocycles. The molecule has 2 aliphatic rings. The van der Waals surface area contributed by atoms with Crippen molar-refractivity contribution in [3.63, 3.8) is 0 Å². The van der Waals surface area contributed by atoms with Crippen LogP contribution in [-0.4, -0.2) is 0 Å². The summed E-state index contributed by atoms with van der Waals surface area (Å²) < 4.78 is 5.74. The zero-order valence-electron chi connectivity index (χ0n) is 11.8. The lowest BCUT2D eigenvalue weighted by atomic mass is 9.81. The Morgan fingerprint density at radius 1 is 0.857 bits per heavy atom. The molecule has 2 aromatic rings. The van der Waals surface area contributed by atoms with Gasteiger partial charge in [0.1, 0.15) is 11.5 Å². The standard InChI is InChI=1S/C20H15O/c1-14-10-11-20(21-14)17-12-16-8-5-9-18(19(16)13-17)15-6-3-2-4-7-15/h2-13H,1H3. The molecule has 0 amide bonds. The molecule has 0 saturated heterocycles. The molecule has 4 rings (SSSR count). The van der Waals surface area contributed by atoms with E-state index in [1.807, 2.05) is 25.1 Å². The number of rotatable bonds is 2. The lowest BCUT2D eigenvalue weighted by Crippen LogP contribution is -2.07. The predicted octanol–water partition coefficient (Wildman–Crippen LogP) is 4.74. The molecule has 1 heteroatoms. The van der Waals surface area contributed by atoms with E-state index >= 15 is 0 Å². The van der Waals surface area contributed by atoms with Crippen LogP contribution in [0.3, 0.4) is 0 Å². The molecule has 0 bridgehead atoms. The SMILES string of the molecule is Cc1ccc([C]2[CH][C]3C=CC=C(c4ccccc4)[C]3[CH]2)o1. The van der Waals surface area contributed by atoms with Gasteiger partial charge in [-0.05, 0) is 43.0 Å². The van der Waals surface area contributed by atoms with Crippen molar-refractivity contribution in [2.24, 2.45) is 0 Å². The van der Waals surface area contributed by atoms with Crippen molar-refractivity contribution in [2.45, 2.75) is 6.92 Å². The Bertz CT molecular complexity index is 690. The summed E-state index contributed by atoms with van der Waals surface area (Å²) >= 11 is 0.